The number of hydrogen-bond donors (Lipinski definition) is 2. The topological polar surface area (TPSA) is 74.6 Å². The molecule has 0 bridgehead atoms. The van der Waals surface area contributed by atoms with Crippen LogP contribution in [0.15, 0.2) is 23.8 Å². The SMILES string of the molecule is O=C(O)CCCC=CCC1=CC(O)CC1=O. The summed E-state index contributed by atoms with van der Waals surface area (Å²) in [5, 5.41) is 17.6. The molecule has 0 spiro atoms. The van der Waals surface area contributed by atoms with Gasteiger partial charge >= 0.3 is 5.97 Å². The second kappa shape index (κ2) is 6.23. The first-order valence-electron chi connectivity index (χ1n) is 5.38. The van der Waals surface area contributed by atoms with Gasteiger partial charge in [-0.25, -0.2) is 0 Å². The molecule has 0 saturated heterocycles. The number of aliphatic hydroxyl groups excluding tert-OH is 1. The molecule has 0 aliphatic heterocycles. The van der Waals surface area contributed by atoms with E-state index in [-0.39, 0.29) is 18.6 Å². The van der Waals surface area contributed by atoms with Crippen LogP contribution in [0, 0.1) is 0 Å². The van der Waals surface area contributed by atoms with Gasteiger partial charge in [-0.3, -0.25) is 9.59 Å². The van der Waals surface area contributed by atoms with Crippen LogP contribution in [0.1, 0.15) is 32.1 Å². The third-order valence-corrected chi connectivity index (χ3v) is 2.41. The molecule has 0 radical (unpaired) electrons. The van der Waals surface area contributed by atoms with Crippen molar-refractivity contribution in [3.63, 3.8) is 0 Å². The average Bonchev–Trinajstić information content (AvgIpc) is 2.50. The Balaban J connectivity index is 2.19. The molecular formula is C12H16O4. The lowest BCUT2D eigenvalue weighted by atomic mass is 10.1. The second-order valence-corrected chi connectivity index (χ2v) is 3.85. The number of aliphatic hydroxyl groups is 1. The van der Waals surface area contributed by atoms with E-state index in [9.17, 15) is 14.7 Å². The molecule has 0 aromatic rings. The minimum atomic E-state index is -0.787. The van der Waals surface area contributed by atoms with Crippen LogP contribution in [0.4, 0.5) is 0 Å². The zero-order chi connectivity index (χ0) is 12.0. The molecule has 0 amide bonds. The van der Waals surface area contributed by atoms with Gasteiger partial charge in [0, 0.05) is 12.8 Å². The molecule has 4 nitrogen and oxygen atoms in total. The van der Waals surface area contributed by atoms with Gasteiger partial charge < -0.3 is 10.2 Å². The number of carboxylic acids is 1. The average molecular weight is 224 g/mol. The zero-order valence-corrected chi connectivity index (χ0v) is 9.06. The van der Waals surface area contributed by atoms with E-state index in [4.69, 9.17) is 5.11 Å². The first-order chi connectivity index (χ1) is 7.59. The molecule has 1 aliphatic carbocycles. The normalized spacial score (nSPS) is 20.4. The van der Waals surface area contributed by atoms with Crippen LogP contribution in [-0.4, -0.2) is 28.1 Å². The fourth-order valence-electron chi connectivity index (χ4n) is 1.59. The Bertz CT molecular complexity index is 328. The summed E-state index contributed by atoms with van der Waals surface area (Å²) < 4.78 is 0. The summed E-state index contributed by atoms with van der Waals surface area (Å²) in [7, 11) is 0. The number of ketones is 1. The van der Waals surface area contributed by atoms with Gasteiger partial charge in [0.15, 0.2) is 5.78 Å². The lowest BCUT2D eigenvalue weighted by Gasteiger charge is -1.94. The Labute approximate surface area is 94.3 Å². The van der Waals surface area contributed by atoms with Crippen molar-refractivity contribution < 1.29 is 19.8 Å². The molecule has 2 N–H and O–H groups in total. The van der Waals surface area contributed by atoms with Gasteiger partial charge in [0.2, 0.25) is 0 Å². The quantitative estimate of drug-likeness (QED) is 0.529. The monoisotopic (exact) mass is 224 g/mol. The Morgan fingerprint density at radius 3 is 2.81 bits per heavy atom. The van der Waals surface area contributed by atoms with Crippen molar-refractivity contribution in [2.45, 2.75) is 38.2 Å². The summed E-state index contributed by atoms with van der Waals surface area (Å²) in [4.78, 5) is 21.5. The summed E-state index contributed by atoms with van der Waals surface area (Å²) in [5.41, 5.74) is 0.655. The van der Waals surface area contributed by atoms with Gasteiger partial charge in [0.1, 0.15) is 0 Å². The zero-order valence-electron chi connectivity index (χ0n) is 9.06. The molecule has 1 rings (SSSR count). The van der Waals surface area contributed by atoms with E-state index in [2.05, 4.69) is 0 Å². The lowest BCUT2D eigenvalue weighted by Crippen LogP contribution is -2.00. The highest BCUT2D eigenvalue weighted by Gasteiger charge is 2.20. The van der Waals surface area contributed by atoms with E-state index in [1.165, 1.54) is 0 Å². The molecule has 0 heterocycles. The fourth-order valence-corrected chi connectivity index (χ4v) is 1.59. The van der Waals surface area contributed by atoms with E-state index in [0.29, 0.717) is 24.8 Å². The number of rotatable bonds is 6. The lowest BCUT2D eigenvalue weighted by molar-refractivity contribution is -0.137. The number of allylic oxidation sites excluding steroid dienone is 3. The van der Waals surface area contributed by atoms with Crippen molar-refractivity contribution in [1.82, 2.24) is 0 Å². The standard InChI is InChI=1S/C12H16O4/c13-10-7-9(11(14)8-10)5-3-1-2-4-6-12(15)16/h1,3,7,10,13H,2,4-6,8H2,(H,15,16). The van der Waals surface area contributed by atoms with E-state index >= 15 is 0 Å². The summed E-state index contributed by atoms with van der Waals surface area (Å²) in [6.45, 7) is 0. The predicted molar refractivity (Wildman–Crippen MR) is 59.0 cm³/mol. The molecule has 0 aromatic carbocycles. The number of aliphatic carboxylic acids is 1. The van der Waals surface area contributed by atoms with Crippen LogP contribution in [0.3, 0.4) is 0 Å². The third-order valence-electron chi connectivity index (χ3n) is 2.41. The maximum absolute atomic E-state index is 11.3. The molecule has 1 atom stereocenters. The molecule has 88 valence electrons. The van der Waals surface area contributed by atoms with Gasteiger partial charge in [-0.2, -0.15) is 0 Å². The van der Waals surface area contributed by atoms with Gasteiger partial charge in [-0.15, -0.1) is 0 Å². The van der Waals surface area contributed by atoms with Gasteiger partial charge in [0.25, 0.3) is 0 Å². The minimum absolute atomic E-state index is 0.00249. The molecule has 16 heavy (non-hydrogen) atoms. The molecule has 4 heteroatoms. The predicted octanol–water partition coefficient (Wildman–Crippen LogP) is 1.45. The van der Waals surface area contributed by atoms with Crippen LogP contribution in [-0.2, 0) is 9.59 Å². The maximum Gasteiger partial charge on any atom is 0.303 e. The Kier molecular flexibility index (Phi) is 4.92. The molecule has 1 unspecified atom stereocenters. The Hall–Kier alpha value is -1.42. The van der Waals surface area contributed by atoms with Crippen molar-refractivity contribution in [2.24, 2.45) is 0 Å². The Morgan fingerprint density at radius 1 is 1.50 bits per heavy atom. The number of hydrogen-bond acceptors (Lipinski definition) is 3. The van der Waals surface area contributed by atoms with Crippen LogP contribution in [0.25, 0.3) is 0 Å². The van der Waals surface area contributed by atoms with E-state index in [0.717, 1.165) is 0 Å². The maximum atomic E-state index is 11.3. The third kappa shape index (κ3) is 4.40. The highest BCUT2D eigenvalue weighted by molar-refractivity contribution is 5.98. The van der Waals surface area contributed by atoms with Crippen molar-refractivity contribution in [3.8, 4) is 0 Å². The number of unbranched alkanes of at least 4 members (excludes halogenated alkanes) is 1. The second-order valence-electron chi connectivity index (χ2n) is 3.85. The van der Waals surface area contributed by atoms with Crippen molar-refractivity contribution in [2.75, 3.05) is 0 Å². The first kappa shape index (κ1) is 12.6. The van der Waals surface area contributed by atoms with E-state index < -0.39 is 12.1 Å². The van der Waals surface area contributed by atoms with E-state index in [1.807, 2.05) is 12.2 Å². The van der Waals surface area contributed by atoms with Crippen molar-refractivity contribution >= 4 is 11.8 Å². The largest absolute Gasteiger partial charge is 0.481 e. The minimum Gasteiger partial charge on any atom is -0.481 e. The number of Topliss-reactive ketones (excluding diaryl/α,β-unsaturated/α-hetero) is 1. The number of carbonyl (C=O) groups excluding carboxylic acids is 1. The molecule has 0 aromatic heterocycles. The van der Waals surface area contributed by atoms with Crippen molar-refractivity contribution in [3.05, 3.63) is 23.8 Å². The van der Waals surface area contributed by atoms with Gasteiger partial charge in [-0.1, -0.05) is 12.2 Å². The van der Waals surface area contributed by atoms with Crippen molar-refractivity contribution in [1.29, 1.82) is 0 Å². The van der Waals surface area contributed by atoms with Gasteiger partial charge in [-0.05, 0) is 30.9 Å². The highest BCUT2D eigenvalue weighted by Crippen LogP contribution is 2.18. The smallest absolute Gasteiger partial charge is 0.303 e. The first-order valence-corrected chi connectivity index (χ1v) is 5.38. The molecule has 0 fully saturated rings. The summed E-state index contributed by atoms with van der Waals surface area (Å²) in [6, 6.07) is 0. The number of carboxylic acid groups (broad SMARTS) is 1. The number of carbonyl (C=O) groups is 2. The summed E-state index contributed by atoms with van der Waals surface area (Å²) in [5.74, 6) is -0.784. The summed E-state index contributed by atoms with van der Waals surface area (Å²) >= 11 is 0. The van der Waals surface area contributed by atoms with Crippen LogP contribution in [0.2, 0.25) is 0 Å². The Morgan fingerprint density at radius 2 is 2.25 bits per heavy atom. The molecular weight excluding hydrogens is 208 g/mol. The molecule has 1 aliphatic rings. The van der Waals surface area contributed by atoms with Crippen LogP contribution < -0.4 is 0 Å². The fraction of sp³-hybridized carbons (Fsp3) is 0.500. The van der Waals surface area contributed by atoms with E-state index in [1.54, 1.807) is 6.08 Å². The van der Waals surface area contributed by atoms with Gasteiger partial charge in [0.05, 0.1) is 6.10 Å². The van der Waals surface area contributed by atoms with Crippen LogP contribution in [0.5, 0.6) is 0 Å². The molecule has 0 saturated carbocycles. The highest BCUT2D eigenvalue weighted by atomic mass is 16.4. The summed E-state index contributed by atoms with van der Waals surface area (Å²) in [6.07, 6.45) is 6.91. The van der Waals surface area contributed by atoms with Crippen LogP contribution >= 0.6 is 0 Å².